The van der Waals surface area contributed by atoms with Crippen LogP contribution in [0, 0.1) is 6.92 Å². The van der Waals surface area contributed by atoms with Crippen molar-refractivity contribution >= 4 is 23.1 Å². The van der Waals surface area contributed by atoms with Crippen LogP contribution in [0.4, 0.5) is 0 Å². The molecular formula is C31H33N3O6. The number of aryl methyl sites for hydroxylation is 1. The van der Waals surface area contributed by atoms with Crippen LogP contribution < -0.4 is 19.8 Å². The van der Waals surface area contributed by atoms with Gasteiger partial charge < -0.3 is 19.3 Å². The number of aliphatic carboxylic acids is 1. The first-order valence-electron chi connectivity index (χ1n) is 13.1. The fourth-order valence-corrected chi connectivity index (χ4v) is 4.31. The lowest BCUT2D eigenvalue weighted by Gasteiger charge is -2.17. The molecule has 0 aliphatic heterocycles. The molecule has 0 aliphatic carbocycles. The van der Waals surface area contributed by atoms with Crippen LogP contribution in [0.5, 0.6) is 17.2 Å². The van der Waals surface area contributed by atoms with Crippen molar-refractivity contribution < 1.29 is 24.1 Å². The third-order valence-corrected chi connectivity index (χ3v) is 6.43. The van der Waals surface area contributed by atoms with Crippen LogP contribution in [0.3, 0.4) is 0 Å². The van der Waals surface area contributed by atoms with Crippen molar-refractivity contribution in [3.63, 3.8) is 0 Å². The topological polar surface area (TPSA) is 112 Å². The Morgan fingerprint density at radius 1 is 1.07 bits per heavy atom. The van der Waals surface area contributed by atoms with Crippen LogP contribution in [0.1, 0.15) is 50.3 Å². The monoisotopic (exact) mass is 543 g/mol. The van der Waals surface area contributed by atoms with Crippen LogP contribution in [-0.4, -0.2) is 46.8 Å². The van der Waals surface area contributed by atoms with Crippen molar-refractivity contribution in [2.45, 2.75) is 46.6 Å². The number of carboxylic acids is 1. The second-order valence-electron chi connectivity index (χ2n) is 9.62. The van der Waals surface area contributed by atoms with Gasteiger partial charge in [-0.15, -0.1) is 0 Å². The Balaban J connectivity index is 1.87. The van der Waals surface area contributed by atoms with Crippen LogP contribution in [0.2, 0.25) is 0 Å². The Kier molecular flexibility index (Phi) is 8.52. The molecule has 0 fully saturated rings. The van der Waals surface area contributed by atoms with E-state index in [0.717, 1.165) is 22.4 Å². The van der Waals surface area contributed by atoms with Crippen LogP contribution in [0.25, 0.3) is 22.3 Å². The highest BCUT2D eigenvalue weighted by Crippen LogP contribution is 2.34. The van der Waals surface area contributed by atoms with Crippen LogP contribution >= 0.6 is 0 Å². The third-order valence-electron chi connectivity index (χ3n) is 6.43. The van der Waals surface area contributed by atoms with Crippen molar-refractivity contribution in [3.8, 4) is 28.6 Å². The zero-order chi connectivity index (χ0) is 29.0. The Hall–Kier alpha value is -4.66. The molecule has 9 nitrogen and oxygen atoms in total. The number of methoxy groups -OCH3 is 1. The van der Waals surface area contributed by atoms with Crippen LogP contribution in [0.15, 0.2) is 64.5 Å². The summed E-state index contributed by atoms with van der Waals surface area (Å²) in [5.74, 6) is 0.948. The predicted molar refractivity (Wildman–Crippen MR) is 155 cm³/mol. The van der Waals surface area contributed by atoms with Gasteiger partial charge in [-0.3, -0.25) is 4.79 Å². The smallest absolute Gasteiger partial charge is 0.344 e. The number of para-hydroxylation sites is 1. The van der Waals surface area contributed by atoms with Gasteiger partial charge in [-0.2, -0.15) is 9.78 Å². The first kappa shape index (κ1) is 28.4. The molecule has 0 aliphatic rings. The van der Waals surface area contributed by atoms with Crippen LogP contribution in [-0.2, 0) is 4.79 Å². The highest BCUT2D eigenvalue weighted by atomic mass is 16.5. The Bertz CT molecular complexity index is 1640. The second-order valence-corrected chi connectivity index (χ2v) is 9.62. The molecule has 0 saturated heterocycles. The number of carbonyl (C=O) groups is 1. The molecule has 4 aromatic rings. The van der Waals surface area contributed by atoms with E-state index in [-0.39, 0.29) is 11.5 Å². The fourth-order valence-electron chi connectivity index (χ4n) is 4.31. The number of fused-ring (bicyclic) bond motifs is 1. The summed E-state index contributed by atoms with van der Waals surface area (Å²) in [6.07, 6.45) is 0.489. The largest absolute Gasteiger partial charge is 0.496 e. The summed E-state index contributed by atoms with van der Waals surface area (Å²) in [6, 6.07) is 16.1. The third kappa shape index (κ3) is 5.83. The van der Waals surface area contributed by atoms with Crippen molar-refractivity contribution in [2.75, 3.05) is 13.7 Å². The lowest BCUT2D eigenvalue weighted by atomic mass is 9.96. The van der Waals surface area contributed by atoms with Gasteiger partial charge in [0.25, 0.3) is 5.56 Å². The average molecular weight is 544 g/mol. The molecule has 4 rings (SSSR count). The number of carboxylic acid groups (broad SMARTS) is 1. The summed E-state index contributed by atoms with van der Waals surface area (Å²) in [5, 5.41) is 14.2. The second kappa shape index (κ2) is 12.0. The van der Waals surface area contributed by atoms with E-state index in [4.69, 9.17) is 19.2 Å². The zero-order valence-corrected chi connectivity index (χ0v) is 23.5. The number of benzene rings is 3. The van der Waals surface area contributed by atoms with Gasteiger partial charge in [0, 0.05) is 5.56 Å². The summed E-state index contributed by atoms with van der Waals surface area (Å²) in [5.41, 5.74) is 3.54. The van der Waals surface area contributed by atoms with E-state index in [1.807, 2.05) is 38.1 Å². The minimum atomic E-state index is -1.08. The van der Waals surface area contributed by atoms with Crippen molar-refractivity contribution in [1.29, 1.82) is 0 Å². The average Bonchev–Trinajstić information content (AvgIpc) is 2.93. The lowest BCUT2D eigenvalue weighted by molar-refractivity contribution is -0.144. The quantitative estimate of drug-likeness (QED) is 0.258. The summed E-state index contributed by atoms with van der Waals surface area (Å²) in [4.78, 5) is 29.8. The SMILES string of the molecule is CCOc1cc(C=Nn2c(-c3cc(C(C)C)c(OC)cc3C)nc3ccccc3c2=O)ccc1O[C@H](C)C(=O)O. The maximum absolute atomic E-state index is 13.7. The molecular weight excluding hydrogens is 510 g/mol. The molecule has 1 heterocycles. The van der Waals surface area contributed by atoms with E-state index in [9.17, 15) is 14.7 Å². The molecule has 0 amide bonds. The van der Waals surface area contributed by atoms with Gasteiger partial charge in [-0.1, -0.05) is 26.0 Å². The first-order valence-corrected chi connectivity index (χ1v) is 13.1. The summed E-state index contributed by atoms with van der Waals surface area (Å²) in [6.45, 7) is 9.72. The fraction of sp³-hybridized carbons (Fsp3) is 0.290. The van der Waals surface area contributed by atoms with E-state index >= 15 is 0 Å². The molecule has 1 atom stereocenters. The van der Waals surface area contributed by atoms with E-state index in [1.54, 1.807) is 37.4 Å². The zero-order valence-electron chi connectivity index (χ0n) is 23.5. The van der Waals surface area contributed by atoms with Gasteiger partial charge in [-0.25, -0.2) is 9.78 Å². The lowest BCUT2D eigenvalue weighted by Crippen LogP contribution is -2.23. The van der Waals surface area contributed by atoms with E-state index in [0.29, 0.717) is 40.4 Å². The molecule has 0 unspecified atom stereocenters. The van der Waals surface area contributed by atoms with Gasteiger partial charge in [-0.05, 0) is 85.8 Å². The van der Waals surface area contributed by atoms with E-state index < -0.39 is 12.1 Å². The van der Waals surface area contributed by atoms with Gasteiger partial charge in [0.15, 0.2) is 23.4 Å². The molecule has 1 N–H and O–H groups in total. The predicted octanol–water partition coefficient (Wildman–Crippen LogP) is 5.64. The molecule has 0 bridgehead atoms. The molecule has 208 valence electrons. The molecule has 40 heavy (non-hydrogen) atoms. The van der Waals surface area contributed by atoms with Crippen molar-refractivity contribution in [3.05, 3.63) is 81.6 Å². The molecule has 3 aromatic carbocycles. The van der Waals surface area contributed by atoms with Gasteiger partial charge >= 0.3 is 5.97 Å². The highest BCUT2D eigenvalue weighted by molar-refractivity contribution is 5.83. The normalized spacial score (nSPS) is 12.2. The number of aromatic nitrogens is 2. The Labute approximate surface area is 232 Å². The number of hydrogen-bond donors (Lipinski definition) is 1. The summed E-state index contributed by atoms with van der Waals surface area (Å²) in [7, 11) is 1.64. The summed E-state index contributed by atoms with van der Waals surface area (Å²) < 4.78 is 18.1. The van der Waals surface area contributed by atoms with Gasteiger partial charge in [0.1, 0.15) is 5.75 Å². The van der Waals surface area contributed by atoms with Gasteiger partial charge in [0.2, 0.25) is 0 Å². The number of nitrogens with zero attached hydrogens (tertiary/aromatic N) is 3. The molecule has 9 heteroatoms. The minimum absolute atomic E-state index is 0.181. The standard InChI is InChI=1S/C31H33N3O6/c1-7-39-28-15-21(12-13-26(28)40-20(5)31(36)37)17-32-34-29(33-25-11-9-8-10-22(25)30(34)35)24-16-23(18(2)3)27(38-6)14-19(24)4/h8-18,20H,7H2,1-6H3,(H,36,37)/t20-/m1/s1. The van der Waals surface area contributed by atoms with E-state index in [2.05, 4.69) is 18.9 Å². The number of rotatable bonds is 10. The van der Waals surface area contributed by atoms with Gasteiger partial charge in [0.05, 0.1) is 30.8 Å². The highest BCUT2D eigenvalue weighted by Gasteiger charge is 2.19. The van der Waals surface area contributed by atoms with Crippen molar-refractivity contribution in [2.24, 2.45) is 5.10 Å². The molecule has 1 aromatic heterocycles. The van der Waals surface area contributed by atoms with E-state index in [1.165, 1.54) is 17.8 Å². The first-order chi connectivity index (χ1) is 19.1. The Morgan fingerprint density at radius 3 is 2.50 bits per heavy atom. The number of hydrogen-bond acceptors (Lipinski definition) is 7. The van der Waals surface area contributed by atoms with Crippen molar-refractivity contribution in [1.82, 2.24) is 9.66 Å². The molecule has 0 spiro atoms. The minimum Gasteiger partial charge on any atom is -0.496 e. The maximum Gasteiger partial charge on any atom is 0.344 e. The Morgan fingerprint density at radius 2 is 1.82 bits per heavy atom. The summed E-state index contributed by atoms with van der Waals surface area (Å²) >= 11 is 0. The maximum atomic E-state index is 13.7. The number of ether oxygens (including phenoxy) is 3. The molecule has 0 saturated carbocycles. The molecule has 0 radical (unpaired) electrons.